The first kappa shape index (κ1) is 13.8. The lowest BCUT2D eigenvalue weighted by molar-refractivity contribution is -0.143. The van der Waals surface area contributed by atoms with Crippen LogP contribution in [0.1, 0.15) is 25.7 Å². The molecule has 0 aromatic rings. The van der Waals surface area contributed by atoms with E-state index < -0.39 is 11.9 Å². The highest BCUT2D eigenvalue weighted by Crippen LogP contribution is 2.20. The highest BCUT2D eigenvalue weighted by atomic mass is 31.1. The SMILES string of the molecule is O=C(O)CCC(=O)O.O=C1CCCPO1. The molecule has 1 atom stereocenters. The third-order valence-corrected chi connectivity index (χ3v) is 2.33. The molecular weight excluding hydrogens is 223 g/mol. The van der Waals surface area contributed by atoms with E-state index in [1.807, 2.05) is 0 Å². The van der Waals surface area contributed by atoms with Crippen molar-refractivity contribution in [1.82, 2.24) is 0 Å². The Labute approximate surface area is 88.5 Å². The molecule has 0 aromatic carbocycles. The molecule has 15 heavy (non-hydrogen) atoms. The van der Waals surface area contributed by atoms with Crippen molar-refractivity contribution >= 4 is 26.7 Å². The summed E-state index contributed by atoms with van der Waals surface area (Å²) in [4.78, 5) is 29.5. The lowest BCUT2D eigenvalue weighted by Crippen LogP contribution is -2.03. The molecular formula is C8H13O6P. The van der Waals surface area contributed by atoms with E-state index in [4.69, 9.17) is 10.2 Å². The van der Waals surface area contributed by atoms with Crippen LogP contribution in [0.5, 0.6) is 0 Å². The van der Waals surface area contributed by atoms with Crippen molar-refractivity contribution in [2.45, 2.75) is 25.7 Å². The predicted molar refractivity (Wildman–Crippen MR) is 53.0 cm³/mol. The fraction of sp³-hybridized carbons (Fsp3) is 0.625. The number of rotatable bonds is 3. The molecule has 0 saturated carbocycles. The van der Waals surface area contributed by atoms with Crippen molar-refractivity contribution in [3.8, 4) is 0 Å². The average molecular weight is 236 g/mol. The van der Waals surface area contributed by atoms with Gasteiger partial charge in [0.1, 0.15) is 0 Å². The van der Waals surface area contributed by atoms with Gasteiger partial charge in [-0.15, -0.1) is 0 Å². The summed E-state index contributed by atoms with van der Waals surface area (Å²) in [6.07, 6.45) is 2.14. The molecule has 1 fully saturated rings. The Hall–Kier alpha value is -1.16. The molecule has 86 valence electrons. The largest absolute Gasteiger partial charge is 0.481 e. The maximum Gasteiger partial charge on any atom is 0.308 e. The monoisotopic (exact) mass is 236 g/mol. The van der Waals surface area contributed by atoms with E-state index in [0.29, 0.717) is 15.2 Å². The zero-order valence-electron chi connectivity index (χ0n) is 8.06. The lowest BCUT2D eigenvalue weighted by atomic mass is 10.3. The van der Waals surface area contributed by atoms with Crippen molar-refractivity contribution in [3.63, 3.8) is 0 Å². The quantitative estimate of drug-likeness (QED) is 0.704. The number of carboxylic acid groups (broad SMARTS) is 2. The van der Waals surface area contributed by atoms with Gasteiger partial charge in [0, 0.05) is 12.6 Å². The topological polar surface area (TPSA) is 101 Å². The molecule has 7 heteroatoms. The number of hydrogen-bond acceptors (Lipinski definition) is 4. The summed E-state index contributed by atoms with van der Waals surface area (Å²) in [6, 6.07) is 0. The van der Waals surface area contributed by atoms with E-state index in [1.54, 1.807) is 0 Å². The van der Waals surface area contributed by atoms with Gasteiger partial charge < -0.3 is 14.7 Å². The Kier molecular flexibility index (Phi) is 7.54. The van der Waals surface area contributed by atoms with Crippen molar-refractivity contribution in [2.24, 2.45) is 0 Å². The lowest BCUT2D eigenvalue weighted by Gasteiger charge is -2.07. The second-order valence-corrected chi connectivity index (χ2v) is 3.75. The predicted octanol–water partition coefficient (Wildman–Crippen LogP) is 0.853. The van der Waals surface area contributed by atoms with Gasteiger partial charge in [-0.05, 0) is 6.42 Å². The smallest absolute Gasteiger partial charge is 0.308 e. The van der Waals surface area contributed by atoms with Gasteiger partial charge >= 0.3 is 17.9 Å². The highest BCUT2D eigenvalue weighted by molar-refractivity contribution is 7.33. The first-order chi connectivity index (χ1) is 7.02. The van der Waals surface area contributed by atoms with E-state index >= 15 is 0 Å². The third-order valence-electron chi connectivity index (χ3n) is 1.40. The van der Waals surface area contributed by atoms with Crippen LogP contribution in [0, 0.1) is 0 Å². The molecule has 1 aliphatic heterocycles. The standard InChI is InChI=1S/C4H6O4.C4H7O2P/c5-3(6)1-2-4(7)8;5-4-2-1-3-7-6-4/h1-2H2,(H,5,6)(H,7,8);7H,1-3H2. The van der Waals surface area contributed by atoms with E-state index in [0.717, 1.165) is 12.6 Å². The Morgan fingerprint density at radius 2 is 1.80 bits per heavy atom. The first-order valence-corrected chi connectivity index (χ1v) is 5.50. The fourth-order valence-corrected chi connectivity index (χ4v) is 1.39. The zero-order chi connectivity index (χ0) is 11.7. The maximum absolute atomic E-state index is 10.2. The summed E-state index contributed by atoms with van der Waals surface area (Å²) in [5.74, 6) is -2.18. The molecule has 0 aromatic heterocycles. The van der Waals surface area contributed by atoms with Crippen molar-refractivity contribution < 1.29 is 29.1 Å². The molecule has 0 amide bonds. The summed E-state index contributed by atoms with van der Waals surface area (Å²) >= 11 is 0. The van der Waals surface area contributed by atoms with Gasteiger partial charge in [0.25, 0.3) is 0 Å². The van der Waals surface area contributed by atoms with E-state index in [9.17, 15) is 14.4 Å². The van der Waals surface area contributed by atoms with Crippen LogP contribution < -0.4 is 0 Å². The maximum atomic E-state index is 10.2. The van der Waals surface area contributed by atoms with Crippen molar-refractivity contribution in [1.29, 1.82) is 0 Å². The van der Waals surface area contributed by atoms with Gasteiger partial charge in [0.05, 0.1) is 21.6 Å². The number of aliphatic carboxylic acids is 2. The van der Waals surface area contributed by atoms with Crippen LogP contribution in [-0.2, 0) is 18.9 Å². The molecule has 1 heterocycles. The van der Waals surface area contributed by atoms with Crippen LogP contribution in [0.15, 0.2) is 0 Å². The second-order valence-electron chi connectivity index (χ2n) is 2.76. The Morgan fingerprint density at radius 1 is 1.27 bits per heavy atom. The van der Waals surface area contributed by atoms with Crippen molar-refractivity contribution in [2.75, 3.05) is 6.16 Å². The van der Waals surface area contributed by atoms with Crippen LogP contribution in [-0.4, -0.2) is 34.3 Å². The minimum absolute atomic E-state index is 0.0235. The normalized spacial score (nSPS) is 16.1. The van der Waals surface area contributed by atoms with Crippen LogP contribution in [0.4, 0.5) is 0 Å². The third kappa shape index (κ3) is 10.8. The van der Waals surface area contributed by atoms with Crippen LogP contribution in [0.25, 0.3) is 0 Å². The summed E-state index contributed by atoms with van der Waals surface area (Å²) in [7, 11) is 0.432. The van der Waals surface area contributed by atoms with Crippen molar-refractivity contribution in [3.05, 3.63) is 0 Å². The van der Waals surface area contributed by atoms with E-state index in [2.05, 4.69) is 4.52 Å². The number of carboxylic acids is 2. The van der Waals surface area contributed by atoms with Crippen LogP contribution >= 0.6 is 8.81 Å². The van der Waals surface area contributed by atoms with Gasteiger partial charge in [-0.2, -0.15) is 0 Å². The fourth-order valence-electron chi connectivity index (χ4n) is 0.701. The molecule has 0 spiro atoms. The Morgan fingerprint density at radius 3 is 2.00 bits per heavy atom. The zero-order valence-corrected chi connectivity index (χ0v) is 9.06. The average Bonchev–Trinajstić information content (AvgIpc) is 2.17. The minimum atomic E-state index is -1.08. The van der Waals surface area contributed by atoms with Gasteiger partial charge in [-0.25, -0.2) is 0 Å². The molecule has 1 saturated heterocycles. The van der Waals surface area contributed by atoms with Gasteiger partial charge in [-0.1, -0.05) is 0 Å². The molecule has 6 nitrogen and oxygen atoms in total. The Balaban J connectivity index is 0.000000262. The Bertz CT molecular complexity index is 217. The molecule has 0 radical (unpaired) electrons. The van der Waals surface area contributed by atoms with E-state index in [-0.39, 0.29) is 18.8 Å². The summed E-state index contributed by atoms with van der Waals surface area (Å²) in [5, 5.41) is 15.8. The summed E-state index contributed by atoms with van der Waals surface area (Å²) < 4.78 is 4.67. The molecule has 0 aliphatic carbocycles. The van der Waals surface area contributed by atoms with Gasteiger partial charge in [0.2, 0.25) is 0 Å². The number of carbonyl (C=O) groups excluding carboxylic acids is 1. The van der Waals surface area contributed by atoms with E-state index in [1.165, 1.54) is 0 Å². The second kappa shape index (κ2) is 8.17. The summed E-state index contributed by atoms with van der Waals surface area (Å²) in [5.41, 5.74) is 0. The number of hydrogen-bond donors (Lipinski definition) is 2. The first-order valence-electron chi connectivity index (χ1n) is 4.38. The molecule has 1 aliphatic rings. The number of carbonyl (C=O) groups is 3. The highest BCUT2D eigenvalue weighted by Gasteiger charge is 2.07. The molecule has 2 N–H and O–H groups in total. The molecule has 1 rings (SSSR count). The molecule has 0 bridgehead atoms. The van der Waals surface area contributed by atoms with Gasteiger partial charge in [0.15, 0.2) is 0 Å². The molecule has 1 unspecified atom stereocenters. The van der Waals surface area contributed by atoms with Crippen LogP contribution in [0.3, 0.4) is 0 Å². The van der Waals surface area contributed by atoms with Gasteiger partial charge in [-0.3, -0.25) is 14.4 Å². The van der Waals surface area contributed by atoms with Crippen LogP contribution in [0.2, 0.25) is 0 Å². The minimum Gasteiger partial charge on any atom is -0.481 e. The summed E-state index contributed by atoms with van der Waals surface area (Å²) in [6.45, 7) is 0.